The number of esters is 1. The van der Waals surface area contributed by atoms with Crippen molar-refractivity contribution in [3.05, 3.63) is 95.5 Å². The van der Waals surface area contributed by atoms with Gasteiger partial charge in [0.15, 0.2) is 6.10 Å². The molecule has 0 saturated heterocycles. The molecule has 0 saturated carbocycles. The van der Waals surface area contributed by atoms with Crippen LogP contribution in [0.15, 0.2) is 73.1 Å². The summed E-state index contributed by atoms with van der Waals surface area (Å²) in [6.45, 7) is 4.08. The van der Waals surface area contributed by atoms with Crippen LogP contribution in [-0.4, -0.2) is 32.6 Å². The summed E-state index contributed by atoms with van der Waals surface area (Å²) in [6, 6.07) is 17.6. The highest BCUT2D eigenvalue weighted by Gasteiger charge is 2.23. The summed E-state index contributed by atoms with van der Waals surface area (Å²) in [7, 11) is 0. The van der Waals surface area contributed by atoms with Crippen LogP contribution >= 0.6 is 0 Å². The van der Waals surface area contributed by atoms with Crippen molar-refractivity contribution in [2.75, 3.05) is 0 Å². The molecular formula is C25H23N3O3. The first-order valence-corrected chi connectivity index (χ1v) is 10.1. The summed E-state index contributed by atoms with van der Waals surface area (Å²) in [6.07, 6.45) is 5.58. The molecule has 156 valence electrons. The molecule has 0 spiro atoms. The first kappa shape index (κ1) is 20.3. The molecule has 6 nitrogen and oxygen atoms in total. The number of aromatic nitrogens is 3. The molecule has 0 unspecified atom stereocenters. The van der Waals surface area contributed by atoms with E-state index in [1.165, 1.54) is 6.08 Å². The van der Waals surface area contributed by atoms with Gasteiger partial charge in [0.25, 0.3) is 0 Å². The predicted octanol–water partition coefficient (Wildman–Crippen LogP) is 4.55. The van der Waals surface area contributed by atoms with Gasteiger partial charge in [0.1, 0.15) is 0 Å². The van der Waals surface area contributed by atoms with Gasteiger partial charge in [0.05, 0.1) is 12.7 Å². The lowest BCUT2D eigenvalue weighted by Gasteiger charge is -2.11. The van der Waals surface area contributed by atoms with E-state index in [4.69, 9.17) is 4.74 Å². The summed E-state index contributed by atoms with van der Waals surface area (Å²) in [5.74, 6) is -0.804. The Kier molecular flexibility index (Phi) is 5.80. The molecule has 2 heterocycles. The Hall–Kier alpha value is -3.93. The number of H-pyrrole nitrogens is 1. The Labute approximate surface area is 180 Å². The van der Waals surface area contributed by atoms with Crippen molar-refractivity contribution in [1.82, 2.24) is 14.8 Å². The minimum Gasteiger partial charge on any atom is -0.451 e. The van der Waals surface area contributed by atoms with Gasteiger partial charge >= 0.3 is 5.97 Å². The third-order valence-corrected chi connectivity index (χ3v) is 5.05. The number of hydrogen-bond acceptors (Lipinski definition) is 4. The van der Waals surface area contributed by atoms with Gasteiger partial charge in [-0.05, 0) is 31.6 Å². The fraction of sp³-hybridized carbons (Fsp3) is 0.160. The lowest BCUT2D eigenvalue weighted by atomic mass is 10.0. The topological polar surface area (TPSA) is 77.0 Å². The number of ketones is 1. The van der Waals surface area contributed by atoms with E-state index in [-0.39, 0.29) is 5.78 Å². The van der Waals surface area contributed by atoms with Crippen LogP contribution in [0.2, 0.25) is 0 Å². The van der Waals surface area contributed by atoms with Crippen molar-refractivity contribution < 1.29 is 14.3 Å². The standard InChI is InChI=1S/C25H23N3O3/c1-17-24(21-10-6-7-11-22(21)27-17)25(30)18(2)31-23(29)13-12-20-14-26-28(16-20)15-19-8-4-3-5-9-19/h3-14,16,18,27H,15H2,1-2H3/b13-12+/t18-/m0/s1. The van der Waals surface area contributed by atoms with E-state index in [9.17, 15) is 9.59 Å². The van der Waals surface area contributed by atoms with Gasteiger partial charge in [-0.25, -0.2) is 4.79 Å². The molecule has 0 aliphatic heterocycles. The van der Waals surface area contributed by atoms with Gasteiger partial charge in [-0.1, -0.05) is 48.5 Å². The highest BCUT2D eigenvalue weighted by Crippen LogP contribution is 2.23. The number of benzene rings is 2. The largest absolute Gasteiger partial charge is 0.451 e. The van der Waals surface area contributed by atoms with Crippen molar-refractivity contribution in [1.29, 1.82) is 0 Å². The van der Waals surface area contributed by atoms with Crippen LogP contribution in [0.25, 0.3) is 17.0 Å². The van der Waals surface area contributed by atoms with Crippen molar-refractivity contribution in [2.24, 2.45) is 0 Å². The molecule has 0 amide bonds. The van der Waals surface area contributed by atoms with Crippen molar-refractivity contribution in [3.63, 3.8) is 0 Å². The minimum atomic E-state index is -0.893. The van der Waals surface area contributed by atoms with Crippen LogP contribution in [0.4, 0.5) is 0 Å². The van der Waals surface area contributed by atoms with E-state index in [1.54, 1.807) is 23.9 Å². The summed E-state index contributed by atoms with van der Waals surface area (Å²) < 4.78 is 7.15. The quantitative estimate of drug-likeness (QED) is 0.274. The number of fused-ring (bicyclic) bond motifs is 1. The maximum absolute atomic E-state index is 12.9. The lowest BCUT2D eigenvalue weighted by Crippen LogP contribution is -2.24. The number of para-hydroxylation sites is 1. The molecule has 0 aliphatic rings. The fourth-order valence-electron chi connectivity index (χ4n) is 3.55. The second-order valence-corrected chi connectivity index (χ2v) is 7.40. The highest BCUT2D eigenvalue weighted by molar-refractivity contribution is 6.11. The number of carbonyl (C=O) groups excluding carboxylic acids is 2. The molecule has 4 aromatic rings. The molecule has 0 aliphatic carbocycles. The summed E-state index contributed by atoms with van der Waals surface area (Å²) in [5.41, 5.74) is 4.12. The number of carbonyl (C=O) groups is 2. The van der Waals surface area contributed by atoms with Crippen molar-refractivity contribution >= 4 is 28.7 Å². The van der Waals surface area contributed by atoms with Crippen molar-refractivity contribution in [3.8, 4) is 0 Å². The Morgan fingerprint density at radius 3 is 2.68 bits per heavy atom. The number of aryl methyl sites for hydroxylation is 1. The SMILES string of the molecule is Cc1[nH]c2ccccc2c1C(=O)[C@H](C)OC(=O)/C=C/c1cnn(Cc2ccccc2)c1. The first-order chi connectivity index (χ1) is 15.0. The monoisotopic (exact) mass is 413 g/mol. The summed E-state index contributed by atoms with van der Waals surface area (Å²) >= 11 is 0. The van der Waals surface area contributed by atoms with Crippen LogP contribution in [0.1, 0.15) is 34.1 Å². The number of aromatic amines is 1. The normalized spacial score (nSPS) is 12.3. The highest BCUT2D eigenvalue weighted by atomic mass is 16.5. The van der Waals surface area contributed by atoms with Gasteiger partial charge in [0, 0.05) is 40.0 Å². The van der Waals surface area contributed by atoms with Crippen LogP contribution in [-0.2, 0) is 16.1 Å². The third kappa shape index (κ3) is 4.64. The average molecular weight is 413 g/mol. The maximum Gasteiger partial charge on any atom is 0.331 e. The number of nitrogens with zero attached hydrogens (tertiary/aromatic N) is 2. The van der Waals surface area contributed by atoms with Crippen LogP contribution < -0.4 is 0 Å². The van der Waals surface area contributed by atoms with E-state index in [0.717, 1.165) is 27.7 Å². The second-order valence-electron chi connectivity index (χ2n) is 7.40. The number of rotatable bonds is 7. The van der Waals surface area contributed by atoms with Crippen LogP contribution in [0, 0.1) is 6.92 Å². The summed E-state index contributed by atoms with van der Waals surface area (Å²) in [4.78, 5) is 28.3. The molecule has 4 rings (SSSR count). The number of nitrogens with one attached hydrogen (secondary N) is 1. The van der Waals surface area contributed by atoms with E-state index in [0.29, 0.717) is 12.1 Å². The molecule has 0 fully saturated rings. The molecule has 2 aromatic heterocycles. The zero-order valence-electron chi connectivity index (χ0n) is 17.4. The number of Topliss-reactive ketones (excluding diaryl/α,β-unsaturated/α-hetero) is 1. The van der Waals surface area contributed by atoms with E-state index in [2.05, 4.69) is 10.1 Å². The summed E-state index contributed by atoms with van der Waals surface area (Å²) in [5, 5.41) is 5.13. The minimum absolute atomic E-state index is 0.229. The second kappa shape index (κ2) is 8.83. The molecule has 0 bridgehead atoms. The molecule has 0 radical (unpaired) electrons. The van der Waals surface area contributed by atoms with Gasteiger partial charge in [-0.15, -0.1) is 0 Å². The first-order valence-electron chi connectivity index (χ1n) is 10.1. The molecular weight excluding hydrogens is 390 g/mol. The van der Waals surface area contributed by atoms with E-state index < -0.39 is 12.1 Å². The van der Waals surface area contributed by atoms with Gasteiger partial charge < -0.3 is 9.72 Å². The Bertz CT molecular complexity index is 1250. The predicted molar refractivity (Wildman–Crippen MR) is 120 cm³/mol. The van der Waals surface area contributed by atoms with Gasteiger partial charge in [-0.3, -0.25) is 9.48 Å². The molecule has 1 N–H and O–H groups in total. The molecule has 31 heavy (non-hydrogen) atoms. The third-order valence-electron chi connectivity index (χ3n) is 5.05. The zero-order valence-corrected chi connectivity index (χ0v) is 17.4. The number of ether oxygens (including phenoxy) is 1. The fourth-order valence-corrected chi connectivity index (χ4v) is 3.55. The van der Waals surface area contributed by atoms with Crippen LogP contribution in [0.3, 0.4) is 0 Å². The molecule has 6 heteroatoms. The maximum atomic E-state index is 12.9. The van der Waals surface area contributed by atoms with Crippen LogP contribution in [0.5, 0.6) is 0 Å². The average Bonchev–Trinajstić information content (AvgIpc) is 3.35. The van der Waals surface area contributed by atoms with Gasteiger partial charge in [0.2, 0.25) is 5.78 Å². The van der Waals surface area contributed by atoms with E-state index >= 15 is 0 Å². The van der Waals surface area contributed by atoms with Gasteiger partial charge in [-0.2, -0.15) is 5.10 Å². The van der Waals surface area contributed by atoms with E-state index in [1.807, 2.05) is 67.7 Å². The zero-order chi connectivity index (χ0) is 21.8. The Balaban J connectivity index is 1.38. The smallest absolute Gasteiger partial charge is 0.331 e. The Morgan fingerprint density at radius 2 is 1.87 bits per heavy atom. The lowest BCUT2D eigenvalue weighted by molar-refractivity contribution is -0.140. The molecule has 2 aromatic carbocycles. The number of hydrogen-bond donors (Lipinski definition) is 1. The molecule has 1 atom stereocenters. The Morgan fingerprint density at radius 1 is 1.13 bits per heavy atom. The van der Waals surface area contributed by atoms with Crippen molar-refractivity contribution in [2.45, 2.75) is 26.5 Å².